The van der Waals surface area contributed by atoms with Gasteiger partial charge in [0.2, 0.25) is 0 Å². The minimum Gasteiger partial charge on any atom is -0.381 e. The van der Waals surface area contributed by atoms with Gasteiger partial charge in [0.1, 0.15) is 0 Å². The SMILES string of the molecule is CC(C)(C)C(CNC1CC1)CC1CCOCC1. The minimum atomic E-state index is 0.431. The summed E-state index contributed by atoms with van der Waals surface area (Å²) in [7, 11) is 0. The predicted molar refractivity (Wildman–Crippen MR) is 72.1 cm³/mol. The Morgan fingerprint density at radius 2 is 1.76 bits per heavy atom. The highest BCUT2D eigenvalue weighted by atomic mass is 16.5. The van der Waals surface area contributed by atoms with E-state index in [1.54, 1.807) is 0 Å². The Morgan fingerprint density at radius 3 is 2.29 bits per heavy atom. The molecule has 0 bridgehead atoms. The van der Waals surface area contributed by atoms with Crippen LogP contribution in [0.15, 0.2) is 0 Å². The third-order valence-corrected chi connectivity index (χ3v) is 4.41. The van der Waals surface area contributed by atoms with Crippen molar-refractivity contribution in [3.63, 3.8) is 0 Å². The molecule has 0 aromatic rings. The second kappa shape index (κ2) is 5.71. The maximum absolute atomic E-state index is 5.46. The molecular weight excluding hydrogens is 210 g/mol. The van der Waals surface area contributed by atoms with Crippen molar-refractivity contribution in [1.29, 1.82) is 0 Å². The normalized spacial score (nSPS) is 24.9. The zero-order valence-corrected chi connectivity index (χ0v) is 11.8. The molecule has 1 aliphatic carbocycles. The molecule has 1 unspecified atom stereocenters. The fourth-order valence-electron chi connectivity index (χ4n) is 2.72. The summed E-state index contributed by atoms with van der Waals surface area (Å²) in [6.07, 6.45) is 6.72. The number of rotatable bonds is 5. The van der Waals surface area contributed by atoms with Crippen molar-refractivity contribution in [2.45, 2.75) is 58.9 Å². The Hall–Kier alpha value is -0.0800. The molecule has 17 heavy (non-hydrogen) atoms. The second-order valence-electron chi connectivity index (χ2n) is 7.04. The molecule has 100 valence electrons. The second-order valence-corrected chi connectivity index (χ2v) is 7.04. The summed E-state index contributed by atoms with van der Waals surface area (Å²) in [5.74, 6) is 1.71. The number of nitrogens with one attached hydrogen (secondary N) is 1. The molecule has 0 radical (unpaired) electrons. The lowest BCUT2D eigenvalue weighted by atomic mass is 9.74. The molecule has 0 spiro atoms. The monoisotopic (exact) mass is 239 g/mol. The van der Waals surface area contributed by atoms with Crippen LogP contribution in [0.4, 0.5) is 0 Å². The van der Waals surface area contributed by atoms with E-state index in [2.05, 4.69) is 26.1 Å². The highest BCUT2D eigenvalue weighted by Crippen LogP contribution is 2.34. The van der Waals surface area contributed by atoms with Gasteiger partial charge in [0.15, 0.2) is 0 Å². The molecule has 2 fully saturated rings. The van der Waals surface area contributed by atoms with Crippen molar-refractivity contribution in [1.82, 2.24) is 5.32 Å². The summed E-state index contributed by atoms with van der Waals surface area (Å²) >= 11 is 0. The fraction of sp³-hybridized carbons (Fsp3) is 1.00. The zero-order chi connectivity index (χ0) is 12.3. The van der Waals surface area contributed by atoms with Crippen LogP contribution in [0.25, 0.3) is 0 Å². The van der Waals surface area contributed by atoms with Gasteiger partial charge in [0.25, 0.3) is 0 Å². The highest BCUT2D eigenvalue weighted by molar-refractivity contribution is 4.85. The van der Waals surface area contributed by atoms with Crippen LogP contribution in [0.5, 0.6) is 0 Å². The summed E-state index contributed by atoms with van der Waals surface area (Å²) in [5.41, 5.74) is 0.431. The Labute approximate surface area is 107 Å². The van der Waals surface area contributed by atoms with Gasteiger partial charge in [-0.3, -0.25) is 0 Å². The van der Waals surface area contributed by atoms with Crippen molar-refractivity contribution in [2.75, 3.05) is 19.8 Å². The predicted octanol–water partition coefficient (Wildman–Crippen LogP) is 3.22. The molecule has 0 aromatic heterocycles. The molecule has 2 aliphatic rings. The van der Waals surface area contributed by atoms with Crippen LogP contribution >= 0.6 is 0 Å². The van der Waals surface area contributed by atoms with E-state index >= 15 is 0 Å². The first kappa shape index (κ1) is 13.4. The molecule has 1 heterocycles. The van der Waals surface area contributed by atoms with Gasteiger partial charge < -0.3 is 10.1 Å². The van der Waals surface area contributed by atoms with Crippen molar-refractivity contribution in [3.8, 4) is 0 Å². The standard InChI is InChI=1S/C15H29NO/c1-15(2,3)13(11-16-14-4-5-14)10-12-6-8-17-9-7-12/h12-14,16H,4-11H2,1-3H3. The average molecular weight is 239 g/mol. The van der Waals surface area contributed by atoms with Crippen LogP contribution in [0, 0.1) is 17.3 Å². The first-order valence-electron chi connectivity index (χ1n) is 7.37. The van der Waals surface area contributed by atoms with E-state index < -0.39 is 0 Å². The quantitative estimate of drug-likeness (QED) is 0.795. The summed E-state index contributed by atoms with van der Waals surface area (Å²) in [6.45, 7) is 10.4. The van der Waals surface area contributed by atoms with E-state index in [1.165, 1.54) is 38.6 Å². The van der Waals surface area contributed by atoms with Gasteiger partial charge in [-0.1, -0.05) is 20.8 Å². The van der Waals surface area contributed by atoms with E-state index in [9.17, 15) is 0 Å². The van der Waals surface area contributed by atoms with Crippen LogP contribution in [-0.4, -0.2) is 25.8 Å². The summed E-state index contributed by atoms with van der Waals surface area (Å²) in [6, 6.07) is 0.842. The number of hydrogen-bond acceptors (Lipinski definition) is 2. The van der Waals surface area contributed by atoms with Gasteiger partial charge in [-0.05, 0) is 55.9 Å². The Morgan fingerprint density at radius 1 is 1.12 bits per heavy atom. The molecular formula is C15H29NO. The van der Waals surface area contributed by atoms with Gasteiger partial charge in [-0.25, -0.2) is 0 Å². The molecule has 0 aromatic carbocycles. The lowest BCUT2D eigenvalue weighted by Crippen LogP contribution is -2.35. The molecule has 2 heteroatoms. The maximum Gasteiger partial charge on any atom is 0.0468 e. The number of hydrogen-bond donors (Lipinski definition) is 1. The summed E-state index contributed by atoms with van der Waals surface area (Å²) in [4.78, 5) is 0. The van der Waals surface area contributed by atoms with E-state index in [0.717, 1.165) is 31.1 Å². The van der Waals surface area contributed by atoms with E-state index in [4.69, 9.17) is 4.74 Å². The Bertz CT molecular complexity index is 224. The smallest absolute Gasteiger partial charge is 0.0468 e. The first-order chi connectivity index (χ1) is 8.05. The molecule has 1 atom stereocenters. The van der Waals surface area contributed by atoms with Gasteiger partial charge in [0.05, 0.1) is 0 Å². The summed E-state index contributed by atoms with van der Waals surface area (Å²) < 4.78 is 5.46. The summed E-state index contributed by atoms with van der Waals surface area (Å²) in [5, 5.41) is 3.72. The van der Waals surface area contributed by atoms with E-state index in [-0.39, 0.29) is 0 Å². The van der Waals surface area contributed by atoms with Crippen molar-refractivity contribution >= 4 is 0 Å². The van der Waals surface area contributed by atoms with Crippen molar-refractivity contribution in [2.24, 2.45) is 17.3 Å². The highest BCUT2D eigenvalue weighted by Gasteiger charge is 2.30. The number of ether oxygens (including phenoxy) is 1. The molecule has 1 aliphatic heterocycles. The third-order valence-electron chi connectivity index (χ3n) is 4.41. The average Bonchev–Trinajstić information content (AvgIpc) is 3.08. The van der Waals surface area contributed by atoms with Crippen LogP contribution in [-0.2, 0) is 4.74 Å². The van der Waals surface area contributed by atoms with E-state index in [1.807, 2.05) is 0 Å². The van der Waals surface area contributed by atoms with Gasteiger partial charge in [0, 0.05) is 19.3 Å². The minimum absolute atomic E-state index is 0.431. The van der Waals surface area contributed by atoms with Crippen molar-refractivity contribution < 1.29 is 4.74 Å². The Kier molecular flexibility index (Phi) is 4.48. The zero-order valence-electron chi connectivity index (χ0n) is 11.8. The lowest BCUT2D eigenvalue weighted by molar-refractivity contribution is 0.0494. The van der Waals surface area contributed by atoms with Crippen LogP contribution in [0.1, 0.15) is 52.9 Å². The fourth-order valence-corrected chi connectivity index (χ4v) is 2.72. The maximum atomic E-state index is 5.46. The van der Waals surface area contributed by atoms with Gasteiger partial charge in [-0.15, -0.1) is 0 Å². The third kappa shape index (κ3) is 4.59. The molecule has 0 amide bonds. The van der Waals surface area contributed by atoms with Gasteiger partial charge in [-0.2, -0.15) is 0 Å². The molecule has 1 N–H and O–H groups in total. The van der Waals surface area contributed by atoms with Crippen molar-refractivity contribution in [3.05, 3.63) is 0 Å². The molecule has 2 rings (SSSR count). The van der Waals surface area contributed by atoms with E-state index in [0.29, 0.717) is 5.41 Å². The molecule has 2 nitrogen and oxygen atoms in total. The van der Waals surface area contributed by atoms with Crippen LogP contribution in [0.2, 0.25) is 0 Å². The lowest BCUT2D eigenvalue weighted by Gasteiger charge is -2.35. The Balaban J connectivity index is 1.80. The van der Waals surface area contributed by atoms with Crippen LogP contribution < -0.4 is 5.32 Å². The van der Waals surface area contributed by atoms with Gasteiger partial charge >= 0.3 is 0 Å². The first-order valence-corrected chi connectivity index (χ1v) is 7.37. The largest absolute Gasteiger partial charge is 0.381 e. The molecule has 1 saturated heterocycles. The van der Waals surface area contributed by atoms with Crippen LogP contribution in [0.3, 0.4) is 0 Å². The molecule has 1 saturated carbocycles. The topological polar surface area (TPSA) is 21.3 Å².